The van der Waals surface area contributed by atoms with Gasteiger partial charge in [-0.25, -0.2) is 4.79 Å². The third-order valence-corrected chi connectivity index (χ3v) is 1.76. The molecular weight excluding hydrogens is 196 g/mol. The lowest BCUT2D eigenvalue weighted by Crippen LogP contribution is -2.49. The van der Waals surface area contributed by atoms with Gasteiger partial charge in [0.25, 0.3) is 0 Å². The minimum absolute atomic E-state index is 0.101. The van der Waals surface area contributed by atoms with Gasteiger partial charge in [-0.1, -0.05) is 0 Å². The van der Waals surface area contributed by atoms with Crippen LogP contribution in [0.5, 0.6) is 0 Å². The lowest BCUT2D eigenvalue weighted by molar-refractivity contribution is -0.146. The van der Waals surface area contributed by atoms with E-state index in [1.165, 1.54) is 0 Å². The highest BCUT2D eigenvalue weighted by Gasteiger charge is 2.27. The van der Waals surface area contributed by atoms with Gasteiger partial charge in [-0.15, -0.1) is 0 Å². The van der Waals surface area contributed by atoms with Crippen LogP contribution >= 0.6 is 0 Å². The molecule has 0 saturated heterocycles. The Bertz CT molecular complexity index is 254. The third kappa shape index (κ3) is 5.93. The van der Waals surface area contributed by atoms with Crippen LogP contribution in [0, 0.1) is 5.41 Å². The number of amides is 2. The fraction of sp³-hybridized carbons (Fsp3) is 0.800. The first kappa shape index (κ1) is 13.7. The van der Waals surface area contributed by atoms with Gasteiger partial charge >= 0.3 is 12.0 Å². The first-order valence-corrected chi connectivity index (χ1v) is 4.84. The quantitative estimate of drug-likeness (QED) is 0.663. The molecule has 0 atom stereocenters. The van der Waals surface area contributed by atoms with E-state index in [0.29, 0.717) is 0 Å². The summed E-state index contributed by atoms with van der Waals surface area (Å²) in [5.74, 6) is -0.932. The van der Waals surface area contributed by atoms with Gasteiger partial charge in [-0.3, -0.25) is 4.79 Å². The van der Waals surface area contributed by atoms with Gasteiger partial charge < -0.3 is 15.7 Å². The molecule has 5 nitrogen and oxygen atoms in total. The standard InChI is InChI=1S/C10H20N2O3/c1-9(2,3)12-8(15)11-6-10(4,5)7(13)14/h6H2,1-5H3,(H,13,14)(H2,11,12,15). The average molecular weight is 216 g/mol. The minimum atomic E-state index is -0.949. The number of nitrogens with one attached hydrogen (secondary N) is 2. The van der Waals surface area contributed by atoms with Crippen molar-refractivity contribution in [2.75, 3.05) is 6.54 Å². The normalized spacial score (nSPS) is 12.1. The van der Waals surface area contributed by atoms with Crippen molar-refractivity contribution in [2.45, 2.75) is 40.2 Å². The van der Waals surface area contributed by atoms with E-state index in [1.54, 1.807) is 13.8 Å². The molecule has 0 spiro atoms. The van der Waals surface area contributed by atoms with Gasteiger partial charge in [0, 0.05) is 12.1 Å². The zero-order chi connectivity index (χ0) is 12.3. The van der Waals surface area contributed by atoms with E-state index < -0.39 is 11.4 Å². The third-order valence-electron chi connectivity index (χ3n) is 1.76. The highest BCUT2D eigenvalue weighted by Crippen LogP contribution is 2.12. The molecule has 15 heavy (non-hydrogen) atoms. The second-order valence-electron chi connectivity index (χ2n) is 5.25. The molecule has 5 heteroatoms. The van der Waals surface area contributed by atoms with Crippen molar-refractivity contribution in [2.24, 2.45) is 5.41 Å². The van der Waals surface area contributed by atoms with Gasteiger partial charge in [-0.05, 0) is 34.6 Å². The highest BCUT2D eigenvalue weighted by atomic mass is 16.4. The Morgan fingerprint density at radius 2 is 1.60 bits per heavy atom. The largest absolute Gasteiger partial charge is 0.481 e. The van der Waals surface area contributed by atoms with Crippen LogP contribution < -0.4 is 10.6 Å². The topological polar surface area (TPSA) is 78.4 Å². The van der Waals surface area contributed by atoms with Crippen molar-refractivity contribution in [3.8, 4) is 0 Å². The zero-order valence-electron chi connectivity index (χ0n) is 9.97. The van der Waals surface area contributed by atoms with Crippen LogP contribution in [-0.4, -0.2) is 29.2 Å². The van der Waals surface area contributed by atoms with Gasteiger partial charge in [0.2, 0.25) is 0 Å². The van der Waals surface area contributed by atoms with Crippen molar-refractivity contribution < 1.29 is 14.7 Å². The van der Waals surface area contributed by atoms with E-state index in [4.69, 9.17) is 5.11 Å². The van der Waals surface area contributed by atoms with E-state index in [1.807, 2.05) is 20.8 Å². The molecule has 0 aliphatic carbocycles. The first-order valence-electron chi connectivity index (χ1n) is 4.84. The number of hydrogen-bond donors (Lipinski definition) is 3. The molecule has 0 fully saturated rings. The van der Waals surface area contributed by atoms with Gasteiger partial charge in [0.05, 0.1) is 5.41 Å². The fourth-order valence-corrected chi connectivity index (χ4v) is 0.762. The number of carboxylic acid groups (broad SMARTS) is 1. The summed E-state index contributed by atoms with van der Waals surface area (Å²) in [5, 5.41) is 14.0. The summed E-state index contributed by atoms with van der Waals surface area (Å²) in [5.41, 5.74) is -1.27. The van der Waals surface area contributed by atoms with Gasteiger partial charge in [0.15, 0.2) is 0 Å². The Morgan fingerprint density at radius 3 is 1.93 bits per heavy atom. The van der Waals surface area contributed by atoms with Gasteiger partial charge in [0.1, 0.15) is 0 Å². The monoisotopic (exact) mass is 216 g/mol. The predicted molar refractivity (Wildman–Crippen MR) is 57.7 cm³/mol. The minimum Gasteiger partial charge on any atom is -0.481 e. The number of carbonyl (C=O) groups is 2. The average Bonchev–Trinajstić information content (AvgIpc) is 1.97. The van der Waals surface area contributed by atoms with Crippen LogP contribution in [-0.2, 0) is 4.79 Å². The van der Waals surface area contributed by atoms with E-state index in [9.17, 15) is 9.59 Å². The highest BCUT2D eigenvalue weighted by molar-refractivity contribution is 5.77. The van der Waals surface area contributed by atoms with Crippen LogP contribution in [0.25, 0.3) is 0 Å². The second kappa shape index (κ2) is 4.51. The second-order valence-corrected chi connectivity index (χ2v) is 5.25. The molecule has 0 saturated carbocycles. The summed E-state index contributed by atoms with van der Waals surface area (Å²) >= 11 is 0. The maximum absolute atomic E-state index is 11.3. The molecule has 2 amide bonds. The summed E-state index contributed by atoms with van der Waals surface area (Å²) < 4.78 is 0. The Hall–Kier alpha value is -1.26. The van der Waals surface area contributed by atoms with Crippen molar-refractivity contribution in [3.05, 3.63) is 0 Å². The number of aliphatic carboxylic acids is 1. The molecule has 0 aromatic heterocycles. The SMILES string of the molecule is CC(C)(C)NC(=O)NCC(C)(C)C(=O)O. The van der Waals surface area contributed by atoms with Crippen LogP contribution in [0.15, 0.2) is 0 Å². The maximum atomic E-state index is 11.3. The Morgan fingerprint density at radius 1 is 1.13 bits per heavy atom. The van der Waals surface area contributed by atoms with E-state index in [0.717, 1.165) is 0 Å². The molecule has 0 heterocycles. The van der Waals surface area contributed by atoms with E-state index >= 15 is 0 Å². The molecule has 0 aromatic carbocycles. The fourth-order valence-electron chi connectivity index (χ4n) is 0.762. The summed E-state index contributed by atoms with van der Waals surface area (Å²) in [6.07, 6.45) is 0. The molecule has 88 valence electrons. The van der Waals surface area contributed by atoms with Gasteiger partial charge in [-0.2, -0.15) is 0 Å². The summed E-state index contributed by atoms with van der Waals surface area (Å²) in [6, 6.07) is -0.350. The lowest BCUT2D eigenvalue weighted by Gasteiger charge is -2.24. The Kier molecular flexibility index (Phi) is 4.13. The van der Waals surface area contributed by atoms with Crippen LogP contribution in [0.2, 0.25) is 0 Å². The molecule has 0 unspecified atom stereocenters. The number of carbonyl (C=O) groups excluding carboxylic acids is 1. The zero-order valence-corrected chi connectivity index (χ0v) is 9.97. The van der Waals surface area contributed by atoms with Crippen molar-refractivity contribution in [3.63, 3.8) is 0 Å². The smallest absolute Gasteiger partial charge is 0.315 e. The number of hydrogen-bond acceptors (Lipinski definition) is 2. The molecule has 0 aliphatic heterocycles. The van der Waals surface area contributed by atoms with E-state index in [-0.39, 0.29) is 18.1 Å². The number of carboxylic acids is 1. The molecule has 0 rings (SSSR count). The first-order chi connectivity index (χ1) is 6.54. The van der Waals surface area contributed by atoms with Crippen molar-refractivity contribution >= 4 is 12.0 Å². The molecule has 0 radical (unpaired) electrons. The van der Waals surface area contributed by atoms with Crippen molar-refractivity contribution in [1.82, 2.24) is 10.6 Å². The molecule has 0 aromatic rings. The number of rotatable bonds is 3. The predicted octanol–water partition coefficient (Wildman–Crippen LogP) is 1.19. The molecule has 3 N–H and O–H groups in total. The summed E-state index contributed by atoms with van der Waals surface area (Å²) in [7, 11) is 0. The maximum Gasteiger partial charge on any atom is 0.315 e. The van der Waals surface area contributed by atoms with Crippen LogP contribution in [0.3, 0.4) is 0 Å². The number of urea groups is 1. The van der Waals surface area contributed by atoms with Crippen LogP contribution in [0.4, 0.5) is 4.79 Å². The lowest BCUT2D eigenvalue weighted by atomic mass is 9.94. The molecule has 0 bridgehead atoms. The van der Waals surface area contributed by atoms with Crippen LogP contribution in [0.1, 0.15) is 34.6 Å². The summed E-state index contributed by atoms with van der Waals surface area (Å²) in [6.45, 7) is 8.79. The van der Waals surface area contributed by atoms with Crippen molar-refractivity contribution in [1.29, 1.82) is 0 Å². The van der Waals surface area contributed by atoms with E-state index in [2.05, 4.69) is 10.6 Å². The summed E-state index contributed by atoms with van der Waals surface area (Å²) in [4.78, 5) is 22.1. The molecule has 0 aliphatic rings. The Balaban J connectivity index is 4.07. The Labute approximate surface area is 90.2 Å². The molecular formula is C10H20N2O3.